The summed E-state index contributed by atoms with van der Waals surface area (Å²) in [5.41, 5.74) is 1.36. The van der Waals surface area contributed by atoms with Gasteiger partial charge in [-0.2, -0.15) is 0 Å². The average molecular weight is 342 g/mol. The van der Waals surface area contributed by atoms with Gasteiger partial charge in [-0.25, -0.2) is 13.2 Å². The van der Waals surface area contributed by atoms with Gasteiger partial charge in [0.1, 0.15) is 5.82 Å². The standard InChI is InChI=1S/C21H17F3O/c1-3-4-5-13-6-8-16-14(10-13)7-9-17(20(16)24)15-11-18(22)21(25-2)19(23)12-15/h3,6-12H,1,4-5H2,2H3. The first-order valence-corrected chi connectivity index (χ1v) is 7.90. The van der Waals surface area contributed by atoms with Crippen LogP contribution >= 0.6 is 0 Å². The van der Waals surface area contributed by atoms with Gasteiger partial charge >= 0.3 is 0 Å². The second-order valence-corrected chi connectivity index (χ2v) is 5.78. The minimum absolute atomic E-state index is 0.130. The molecule has 3 rings (SSSR count). The number of hydrogen-bond acceptors (Lipinski definition) is 1. The molecule has 128 valence electrons. The Bertz CT molecular complexity index is 924. The lowest BCUT2D eigenvalue weighted by molar-refractivity contribution is 0.360. The van der Waals surface area contributed by atoms with Crippen molar-refractivity contribution in [3.63, 3.8) is 0 Å². The molecule has 3 aromatic carbocycles. The van der Waals surface area contributed by atoms with Crippen molar-refractivity contribution < 1.29 is 17.9 Å². The highest BCUT2D eigenvalue weighted by Crippen LogP contribution is 2.33. The molecule has 0 bridgehead atoms. The number of benzene rings is 3. The summed E-state index contributed by atoms with van der Waals surface area (Å²) in [6.07, 6.45) is 3.51. The van der Waals surface area contributed by atoms with Crippen LogP contribution < -0.4 is 4.74 Å². The molecular formula is C21H17F3O. The molecule has 1 nitrogen and oxygen atoms in total. The zero-order valence-electron chi connectivity index (χ0n) is 13.8. The van der Waals surface area contributed by atoms with Gasteiger partial charge in [0.25, 0.3) is 0 Å². The molecule has 0 aliphatic carbocycles. The Kier molecular flexibility index (Phi) is 4.79. The summed E-state index contributed by atoms with van der Waals surface area (Å²) in [4.78, 5) is 0. The van der Waals surface area contributed by atoms with E-state index < -0.39 is 23.2 Å². The number of allylic oxidation sites excluding steroid dienone is 1. The number of halogens is 3. The van der Waals surface area contributed by atoms with Gasteiger partial charge in [0.15, 0.2) is 17.4 Å². The van der Waals surface area contributed by atoms with Crippen LogP contribution in [0.2, 0.25) is 0 Å². The third kappa shape index (κ3) is 3.25. The summed E-state index contributed by atoms with van der Waals surface area (Å²) in [5.74, 6) is -2.71. The van der Waals surface area contributed by atoms with Gasteiger partial charge in [-0.3, -0.25) is 0 Å². The smallest absolute Gasteiger partial charge is 0.190 e. The Morgan fingerprint density at radius 3 is 2.36 bits per heavy atom. The van der Waals surface area contributed by atoms with Crippen molar-refractivity contribution in [1.82, 2.24) is 0 Å². The molecule has 0 saturated heterocycles. The molecule has 0 atom stereocenters. The van der Waals surface area contributed by atoms with Crippen molar-refractivity contribution in [2.24, 2.45) is 0 Å². The molecule has 0 saturated carbocycles. The Hall–Kier alpha value is -2.75. The highest BCUT2D eigenvalue weighted by molar-refractivity contribution is 5.88. The quantitative estimate of drug-likeness (QED) is 0.513. The number of hydrogen-bond donors (Lipinski definition) is 0. The predicted octanol–water partition coefficient (Wildman–Crippen LogP) is 6.05. The zero-order chi connectivity index (χ0) is 18.0. The number of ether oxygens (including phenoxy) is 1. The van der Waals surface area contributed by atoms with Gasteiger partial charge in [0, 0.05) is 10.9 Å². The second-order valence-electron chi connectivity index (χ2n) is 5.78. The lowest BCUT2D eigenvalue weighted by atomic mass is 9.97. The zero-order valence-corrected chi connectivity index (χ0v) is 13.8. The molecule has 0 N–H and O–H groups in total. The Morgan fingerprint density at radius 1 is 1.00 bits per heavy atom. The van der Waals surface area contributed by atoms with E-state index in [-0.39, 0.29) is 11.1 Å². The minimum Gasteiger partial charge on any atom is -0.491 e. The van der Waals surface area contributed by atoms with Crippen molar-refractivity contribution in [2.75, 3.05) is 7.11 Å². The van der Waals surface area contributed by atoms with Gasteiger partial charge in [-0.1, -0.05) is 36.4 Å². The molecule has 0 unspecified atom stereocenters. The largest absolute Gasteiger partial charge is 0.491 e. The van der Waals surface area contributed by atoms with Crippen LogP contribution in [0.1, 0.15) is 12.0 Å². The molecule has 0 fully saturated rings. The molecule has 0 aromatic heterocycles. The van der Waals surface area contributed by atoms with E-state index in [0.717, 1.165) is 35.9 Å². The molecule has 0 spiro atoms. The molecular weight excluding hydrogens is 325 g/mol. The minimum atomic E-state index is -0.864. The van der Waals surface area contributed by atoms with E-state index in [4.69, 9.17) is 0 Å². The third-order valence-electron chi connectivity index (χ3n) is 4.17. The summed E-state index contributed by atoms with van der Waals surface area (Å²) in [5, 5.41) is 1.16. The monoisotopic (exact) mass is 342 g/mol. The number of methoxy groups -OCH3 is 1. The van der Waals surface area contributed by atoms with Crippen LogP contribution in [0, 0.1) is 17.5 Å². The lowest BCUT2D eigenvalue weighted by Gasteiger charge is -2.10. The van der Waals surface area contributed by atoms with Crippen LogP contribution in [0.15, 0.2) is 55.1 Å². The van der Waals surface area contributed by atoms with Crippen molar-refractivity contribution in [1.29, 1.82) is 0 Å². The van der Waals surface area contributed by atoms with E-state index in [1.807, 2.05) is 18.2 Å². The highest BCUT2D eigenvalue weighted by atomic mass is 19.1. The van der Waals surface area contributed by atoms with Gasteiger partial charge in [0.05, 0.1) is 7.11 Å². The number of rotatable bonds is 5. The summed E-state index contributed by atoms with van der Waals surface area (Å²) in [6, 6.07) is 10.9. The van der Waals surface area contributed by atoms with E-state index in [2.05, 4.69) is 11.3 Å². The molecule has 0 radical (unpaired) electrons. The van der Waals surface area contributed by atoms with Crippen LogP contribution in [-0.4, -0.2) is 7.11 Å². The van der Waals surface area contributed by atoms with Gasteiger partial charge in [-0.05, 0) is 41.5 Å². The van der Waals surface area contributed by atoms with Crippen LogP contribution in [0.25, 0.3) is 21.9 Å². The maximum absolute atomic E-state index is 14.9. The first-order valence-electron chi connectivity index (χ1n) is 7.90. The topological polar surface area (TPSA) is 9.23 Å². The first kappa shape index (κ1) is 17.1. The Morgan fingerprint density at radius 2 is 1.72 bits per heavy atom. The Balaban J connectivity index is 2.09. The lowest BCUT2D eigenvalue weighted by Crippen LogP contribution is -1.95. The molecule has 0 amide bonds. The fraction of sp³-hybridized carbons (Fsp3) is 0.143. The normalized spacial score (nSPS) is 10.9. The average Bonchev–Trinajstić information content (AvgIpc) is 2.60. The van der Waals surface area contributed by atoms with Crippen LogP contribution in [0.3, 0.4) is 0 Å². The molecule has 0 heterocycles. The molecule has 3 aromatic rings. The highest BCUT2D eigenvalue weighted by Gasteiger charge is 2.16. The number of fused-ring (bicyclic) bond motifs is 1. The summed E-state index contributed by atoms with van der Waals surface area (Å²) in [6.45, 7) is 3.69. The van der Waals surface area contributed by atoms with Gasteiger partial charge in [0.2, 0.25) is 0 Å². The molecule has 0 aliphatic rings. The molecule has 4 heteroatoms. The number of aryl methyl sites for hydroxylation is 1. The fourth-order valence-electron chi connectivity index (χ4n) is 2.90. The van der Waals surface area contributed by atoms with Gasteiger partial charge < -0.3 is 4.74 Å². The summed E-state index contributed by atoms with van der Waals surface area (Å²) < 4.78 is 47.4. The van der Waals surface area contributed by atoms with Gasteiger partial charge in [-0.15, -0.1) is 6.58 Å². The van der Waals surface area contributed by atoms with E-state index >= 15 is 0 Å². The summed E-state index contributed by atoms with van der Waals surface area (Å²) in [7, 11) is 1.18. The van der Waals surface area contributed by atoms with E-state index in [1.165, 1.54) is 13.2 Å². The van der Waals surface area contributed by atoms with Crippen LogP contribution in [-0.2, 0) is 6.42 Å². The SMILES string of the molecule is C=CCCc1ccc2c(F)c(-c3cc(F)c(OC)c(F)c3)ccc2c1. The first-order chi connectivity index (χ1) is 12.0. The van der Waals surface area contributed by atoms with E-state index in [0.29, 0.717) is 5.39 Å². The summed E-state index contributed by atoms with van der Waals surface area (Å²) >= 11 is 0. The predicted molar refractivity (Wildman–Crippen MR) is 94.3 cm³/mol. The second kappa shape index (κ2) is 7.01. The van der Waals surface area contributed by atoms with Crippen molar-refractivity contribution >= 4 is 10.8 Å². The fourth-order valence-corrected chi connectivity index (χ4v) is 2.90. The Labute approximate surface area is 144 Å². The van der Waals surface area contributed by atoms with E-state index in [1.54, 1.807) is 12.1 Å². The third-order valence-corrected chi connectivity index (χ3v) is 4.17. The van der Waals surface area contributed by atoms with Crippen LogP contribution in [0.4, 0.5) is 13.2 Å². The van der Waals surface area contributed by atoms with Crippen molar-refractivity contribution in [3.05, 3.63) is 78.1 Å². The van der Waals surface area contributed by atoms with Crippen molar-refractivity contribution in [3.8, 4) is 16.9 Å². The van der Waals surface area contributed by atoms with Crippen LogP contribution in [0.5, 0.6) is 5.75 Å². The maximum atomic E-state index is 14.9. The maximum Gasteiger partial charge on any atom is 0.190 e. The van der Waals surface area contributed by atoms with E-state index in [9.17, 15) is 13.2 Å². The molecule has 25 heavy (non-hydrogen) atoms. The molecule has 0 aliphatic heterocycles. The van der Waals surface area contributed by atoms with Crippen molar-refractivity contribution in [2.45, 2.75) is 12.8 Å².